The van der Waals surface area contributed by atoms with Crippen LogP contribution >= 0.6 is 15.9 Å². The zero-order valence-electron chi connectivity index (χ0n) is 12.4. The number of benzene rings is 2. The molecule has 0 aromatic heterocycles. The summed E-state index contributed by atoms with van der Waals surface area (Å²) in [5, 5.41) is 12.6. The van der Waals surface area contributed by atoms with Gasteiger partial charge >= 0.3 is 5.97 Å². The molecule has 0 fully saturated rings. The number of carbonyl (C=O) groups is 2. The molecule has 0 aliphatic heterocycles. The second kappa shape index (κ2) is 7.89. The number of halogens is 1. The number of rotatable bonds is 5. The smallest absolute Gasteiger partial charge is 0.340 e. The van der Waals surface area contributed by atoms with Crippen LogP contribution in [0.15, 0.2) is 59.1 Å². The fourth-order valence-electron chi connectivity index (χ4n) is 1.84. The molecule has 6 heteroatoms. The van der Waals surface area contributed by atoms with Crippen LogP contribution < -0.4 is 5.32 Å². The van der Waals surface area contributed by atoms with Gasteiger partial charge in [0.05, 0.1) is 0 Å². The van der Waals surface area contributed by atoms with Crippen molar-refractivity contribution in [1.29, 1.82) is 0 Å². The number of aliphatic hydroxyl groups is 1. The van der Waals surface area contributed by atoms with Crippen LogP contribution in [-0.2, 0) is 14.3 Å². The zero-order valence-corrected chi connectivity index (χ0v) is 14.0. The van der Waals surface area contributed by atoms with Crippen molar-refractivity contribution in [3.63, 3.8) is 0 Å². The van der Waals surface area contributed by atoms with Crippen LogP contribution in [0.25, 0.3) is 0 Å². The van der Waals surface area contributed by atoms with E-state index in [1.165, 1.54) is 6.92 Å². The molecule has 2 aromatic carbocycles. The Balaban J connectivity index is 1.92. The maximum absolute atomic E-state index is 12.0. The number of hydrogen-bond acceptors (Lipinski definition) is 4. The molecule has 120 valence electrons. The van der Waals surface area contributed by atoms with Gasteiger partial charge in [0, 0.05) is 10.2 Å². The number of hydrogen-bond donors (Lipinski definition) is 2. The summed E-state index contributed by atoms with van der Waals surface area (Å²) in [5.74, 6) is -1.34. The minimum absolute atomic E-state index is 0.415. The van der Waals surface area contributed by atoms with Gasteiger partial charge in [0.2, 0.25) is 0 Å². The number of nitrogens with one attached hydrogen (secondary N) is 1. The van der Waals surface area contributed by atoms with E-state index in [0.717, 1.165) is 4.47 Å². The Hall–Kier alpha value is -2.18. The summed E-state index contributed by atoms with van der Waals surface area (Å²) in [7, 11) is 0. The molecule has 23 heavy (non-hydrogen) atoms. The molecule has 2 N–H and O–H groups in total. The summed E-state index contributed by atoms with van der Waals surface area (Å²) in [4.78, 5) is 23.9. The van der Waals surface area contributed by atoms with Crippen molar-refractivity contribution in [2.75, 3.05) is 5.32 Å². The molecule has 0 spiro atoms. The van der Waals surface area contributed by atoms with Crippen LogP contribution in [0.3, 0.4) is 0 Å². The first-order valence-electron chi connectivity index (χ1n) is 6.97. The topological polar surface area (TPSA) is 75.6 Å². The molecule has 2 aromatic rings. The zero-order chi connectivity index (χ0) is 16.8. The van der Waals surface area contributed by atoms with E-state index in [0.29, 0.717) is 11.3 Å². The molecule has 5 nitrogen and oxygen atoms in total. The van der Waals surface area contributed by atoms with Crippen molar-refractivity contribution in [3.8, 4) is 0 Å². The molecule has 2 atom stereocenters. The van der Waals surface area contributed by atoms with E-state index in [1.54, 1.807) is 54.6 Å². The molecule has 0 radical (unpaired) electrons. The molecule has 0 aliphatic carbocycles. The van der Waals surface area contributed by atoms with Crippen molar-refractivity contribution >= 4 is 33.5 Å². The Labute approximate surface area is 142 Å². The summed E-state index contributed by atoms with van der Waals surface area (Å²) in [5.41, 5.74) is 1.00. The normalized spacial score (nSPS) is 13.0. The average molecular weight is 378 g/mol. The lowest BCUT2D eigenvalue weighted by atomic mass is 10.1. The highest BCUT2D eigenvalue weighted by Crippen LogP contribution is 2.16. The maximum atomic E-state index is 12.0. The fraction of sp³-hybridized carbons (Fsp3) is 0.176. The molecule has 1 amide bonds. The highest BCUT2D eigenvalue weighted by Gasteiger charge is 2.24. The molecule has 0 heterocycles. The van der Waals surface area contributed by atoms with Gasteiger partial charge in [0.25, 0.3) is 5.91 Å². The van der Waals surface area contributed by atoms with Gasteiger partial charge in [0.1, 0.15) is 0 Å². The molecule has 0 saturated carbocycles. The van der Waals surface area contributed by atoms with E-state index >= 15 is 0 Å². The van der Waals surface area contributed by atoms with E-state index < -0.39 is 24.1 Å². The van der Waals surface area contributed by atoms with Crippen LogP contribution in [0.5, 0.6) is 0 Å². The lowest BCUT2D eigenvalue weighted by molar-refractivity contribution is -0.162. The Bertz CT molecular complexity index is 673. The van der Waals surface area contributed by atoms with Crippen molar-refractivity contribution in [3.05, 3.63) is 64.6 Å². The Morgan fingerprint density at radius 3 is 2.30 bits per heavy atom. The van der Waals surface area contributed by atoms with Gasteiger partial charge in [-0.05, 0) is 36.8 Å². The van der Waals surface area contributed by atoms with Crippen molar-refractivity contribution in [2.24, 2.45) is 0 Å². The van der Waals surface area contributed by atoms with E-state index in [-0.39, 0.29) is 0 Å². The lowest BCUT2D eigenvalue weighted by Gasteiger charge is -2.16. The molecule has 0 saturated heterocycles. The SMILES string of the molecule is C[C@H](OC(=O)[C@H](O)c1ccccc1)C(=O)Nc1ccc(Br)cc1. The quantitative estimate of drug-likeness (QED) is 0.785. The molecule has 2 rings (SSSR count). The summed E-state index contributed by atoms with van der Waals surface area (Å²) in [6.07, 6.45) is -2.44. The second-order valence-electron chi connectivity index (χ2n) is 4.89. The number of ether oxygens (including phenoxy) is 1. The first kappa shape index (κ1) is 17.2. The monoisotopic (exact) mass is 377 g/mol. The third kappa shape index (κ3) is 4.91. The third-order valence-corrected chi connectivity index (χ3v) is 3.64. The second-order valence-corrected chi connectivity index (χ2v) is 5.80. The van der Waals surface area contributed by atoms with Gasteiger partial charge in [-0.15, -0.1) is 0 Å². The number of esters is 1. The molecular formula is C17H16BrNO4. The van der Waals surface area contributed by atoms with Gasteiger partial charge < -0.3 is 15.2 Å². The van der Waals surface area contributed by atoms with E-state index in [9.17, 15) is 14.7 Å². The first-order valence-corrected chi connectivity index (χ1v) is 7.76. The van der Waals surface area contributed by atoms with E-state index in [1.807, 2.05) is 0 Å². The molecule has 0 unspecified atom stereocenters. The maximum Gasteiger partial charge on any atom is 0.340 e. The largest absolute Gasteiger partial charge is 0.450 e. The van der Waals surface area contributed by atoms with Gasteiger partial charge in [-0.3, -0.25) is 4.79 Å². The summed E-state index contributed by atoms with van der Waals surface area (Å²) >= 11 is 3.30. The minimum atomic E-state index is -1.42. The van der Waals surface area contributed by atoms with Crippen LogP contribution in [-0.4, -0.2) is 23.1 Å². The number of anilines is 1. The Kier molecular flexibility index (Phi) is 5.90. The predicted octanol–water partition coefficient (Wildman–Crippen LogP) is 3.05. The van der Waals surface area contributed by atoms with Crippen LogP contribution in [0.4, 0.5) is 5.69 Å². The van der Waals surface area contributed by atoms with Crippen molar-refractivity contribution in [2.45, 2.75) is 19.1 Å². The van der Waals surface area contributed by atoms with Gasteiger partial charge in [-0.2, -0.15) is 0 Å². The van der Waals surface area contributed by atoms with Crippen LogP contribution in [0, 0.1) is 0 Å². The van der Waals surface area contributed by atoms with Gasteiger partial charge in [-0.25, -0.2) is 4.79 Å². The predicted molar refractivity (Wildman–Crippen MR) is 89.7 cm³/mol. The summed E-state index contributed by atoms with van der Waals surface area (Å²) in [6, 6.07) is 15.4. The highest BCUT2D eigenvalue weighted by atomic mass is 79.9. The first-order chi connectivity index (χ1) is 11.0. The van der Waals surface area contributed by atoms with Crippen molar-refractivity contribution < 1.29 is 19.4 Å². The highest BCUT2D eigenvalue weighted by molar-refractivity contribution is 9.10. The summed E-state index contributed by atoms with van der Waals surface area (Å²) < 4.78 is 5.90. The standard InChI is InChI=1S/C17H16BrNO4/c1-11(16(21)19-14-9-7-13(18)8-10-14)23-17(22)15(20)12-5-3-2-4-6-12/h2-11,15,20H,1H3,(H,19,21)/t11-,15+/m0/s1. The number of aliphatic hydroxyl groups excluding tert-OH is 1. The van der Waals surface area contributed by atoms with Crippen LogP contribution in [0.2, 0.25) is 0 Å². The van der Waals surface area contributed by atoms with Gasteiger partial charge in [-0.1, -0.05) is 46.3 Å². The third-order valence-electron chi connectivity index (χ3n) is 3.11. The van der Waals surface area contributed by atoms with Gasteiger partial charge in [0.15, 0.2) is 12.2 Å². The molecular weight excluding hydrogens is 362 g/mol. The molecule has 0 bridgehead atoms. The summed E-state index contributed by atoms with van der Waals surface area (Å²) in [6.45, 7) is 1.45. The van der Waals surface area contributed by atoms with E-state index in [2.05, 4.69) is 21.2 Å². The minimum Gasteiger partial charge on any atom is -0.450 e. The van der Waals surface area contributed by atoms with Crippen molar-refractivity contribution in [1.82, 2.24) is 0 Å². The van der Waals surface area contributed by atoms with E-state index in [4.69, 9.17) is 4.74 Å². The van der Waals surface area contributed by atoms with Crippen LogP contribution in [0.1, 0.15) is 18.6 Å². The number of amides is 1. The fourth-order valence-corrected chi connectivity index (χ4v) is 2.11. The Morgan fingerprint density at radius 1 is 1.09 bits per heavy atom. The molecule has 0 aliphatic rings. The Morgan fingerprint density at radius 2 is 1.70 bits per heavy atom. The number of carbonyl (C=O) groups excluding carboxylic acids is 2. The lowest BCUT2D eigenvalue weighted by Crippen LogP contribution is -2.31. The average Bonchev–Trinajstić information content (AvgIpc) is 2.56.